The van der Waals surface area contributed by atoms with Gasteiger partial charge in [-0.25, -0.2) is 4.98 Å². The van der Waals surface area contributed by atoms with Crippen LogP contribution in [0.5, 0.6) is 0 Å². The van der Waals surface area contributed by atoms with Gasteiger partial charge in [0.2, 0.25) is 5.95 Å². The van der Waals surface area contributed by atoms with Crippen molar-refractivity contribution in [1.29, 1.82) is 0 Å². The number of hydrogen-bond acceptors (Lipinski definition) is 8. The number of piperazine rings is 1. The second-order valence-electron chi connectivity index (χ2n) is 8.49. The van der Waals surface area contributed by atoms with Crippen molar-refractivity contribution in [3.8, 4) is 0 Å². The molecule has 5 N–H and O–H groups in total. The SMILES string of the molecule is CCC[C@@H](CO)Nc1nc(N)nc2ccn(Cc3ccc(C(=O)N4CCNCC4)cc3)c(=O)c12. The number of aromatic nitrogens is 3. The monoisotopic (exact) mass is 465 g/mol. The van der Waals surface area contributed by atoms with E-state index in [1.807, 2.05) is 24.0 Å². The van der Waals surface area contributed by atoms with Crippen molar-refractivity contribution in [2.24, 2.45) is 0 Å². The summed E-state index contributed by atoms with van der Waals surface area (Å²) in [5, 5.41) is 16.4. The number of rotatable bonds is 8. The summed E-state index contributed by atoms with van der Waals surface area (Å²) in [6, 6.07) is 8.84. The second kappa shape index (κ2) is 10.6. The molecule has 1 aliphatic heterocycles. The number of nitrogens with zero attached hydrogens (tertiary/aromatic N) is 4. The van der Waals surface area contributed by atoms with Crippen LogP contribution in [0.2, 0.25) is 0 Å². The summed E-state index contributed by atoms with van der Waals surface area (Å²) in [7, 11) is 0. The van der Waals surface area contributed by atoms with Crippen molar-refractivity contribution in [3.05, 3.63) is 58.0 Å². The summed E-state index contributed by atoms with van der Waals surface area (Å²) in [5.41, 5.74) is 7.57. The Hall–Kier alpha value is -3.50. The van der Waals surface area contributed by atoms with Gasteiger partial charge in [-0.3, -0.25) is 9.59 Å². The molecule has 2 aromatic heterocycles. The molecular formula is C24H31N7O3. The van der Waals surface area contributed by atoms with Crippen LogP contribution in [0.3, 0.4) is 0 Å². The zero-order valence-electron chi connectivity index (χ0n) is 19.3. The van der Waals surface area contributed by atoms with Crippen molar-refractivity contribution in [1.82, 2.24) is 24.8 Å². The minimum absolute atomic E-state index is 0.0203. The third kappa shape index (κ3) is 5.18. The molecule has 3 heterocycles. The normalized spacial score (nSPS) is 14.8. The Kier molecular flexibility index (Phi) is 7.39. The Balaban J connectivity index is 1.59. The van der Waals surface area contributed by atoms with Gasteiger partial charge in [0.1, 0.15) is 11.2 Å². The van der Waals surface area contributed by atoms with Crippen molar-refractivity contribution < 1.29 is 9.90 Å². The van der Waals surface area contributed by atoms with Crippen LogP contribution in [0.4, 0.5) is 11.8 Å². The Morgan fingerprint density at radius 3 is 2.62 bits per heavy atom. The van der Waals surface area contributed by atoms with Crippen LogP contribution < -0.4 is 21.9 Å². The van der Waals surface area contributed by atoms with E-state index < -0.39 is 0 Å². The van der Waals surface area contributed by atoms with Crippen LogP contribution in [-0.4, -0.2) is 69.3 Å². The molecule has 0 spiro atoms. The Bertz CT molecular complexity index is 1200. The Morgan fingerprint density at radius 2 is 1.94 bits per heavy atom. The number of amides is 1. The molecule has 1 atom stereocenters. The molecule has 10 heteroatoms. The summed E-state index contributed by atoms with van der Waals surface area (Å²) in [6.45, 7) is 5.28. The molecule has 10 nitrogen and oxygen atoms in total. The Labute approximate surface area is 197 Å². The number of nitrogen functional groups attached to an aromatic ring is 1. The van der Waals surface area contributed by atoms with Crippen molar-refractivity contribution >= 4 is 28.6 Å². The molecule has 1 saturated heterocycles. The lowest BCUT2D eigenvalue weighted by Crippen LogP contribution is -2.46. The molecule has 0 radical (unpaired) electrons. The topological polar surface area (TPSA) is 138 Å². The highest BCUT2D eigenvalue weighted by Crippen LogP contribution is 2.20. The number of fused-ring (bicyclic) bond motifs is 1. The van der Waals surface area contributed by atoms with Crippen molar-refractivity contribution in [2.75, 3.05) is 43.8 Å². The summed E-state index contributed by atoms with van der Waals surface area (Å²) in [6.07, 6.45) is 3.27. The van der Waals surface area contributed by atoms with Crippen LogP contribution in [-0.2, 0) is 6.54 Å². The molecule has 0 aliphatic carbocycles. The zero-order chi connectivity index (χ0) is 24.1. The molecule has 1 amide bonds. The molecule has 0 saturated carbocycles. The van der Waals surface area contributed by atoms with Crippen molar-refractivity contribution in [2.45, 2.75) is 32.4 Å². The molecule has 34 heavy (non-hydrogen) atoms. The maximum absolute atomic E-state index is 13.3. The first-order chi connectivity index (χ1) is 16.5. The minimum atomic E-state index is -0.255. The predicted octanol–water partition coefficient (Wildman–Crippen LogP) is 1.04. The Morgan fingerprint density at radius 1 is 1.21 bits per heavy atom. The van der Waals surface area contributed by atoms with Gasteiger partial charge in [-0.05, 0) is 30.2 Å². The number of nitrogens with two attached hydrogens (primary N) is 1. The van der Waals surface area contributed by atoms with Gasteiger partial charge in [0.15, 0.2) is 0 Å². The first-order valence-corrected chi connectivity index (χ1v) is 11.6. The number of aliphatic hydroxyl groups is 1. The second-order valence-corrected chi connectivity index (χ2v) is 8.49. The lowest BCUT2D eigenvalue weighted by Gasteiger charge is -2.27. The summed E-state index contributed by atoms with van der Waals surface area (Å²) < 4.78 is 1.58. The zero-order valence-corrected chi connectivity index (χ0v) is 19.3. The molecule has 4 rings (SSSR count). The first-order valence-electron chi connectivity index (χ1n) is 11.6. The summed E-state index contributed by atoms with van der Waals surface area (Å²) in [4.78, 5) is 36.3. The van der Waals surface area contributed by atoms with Gasteiger partial charge in [0.25, 0.3) is 11.5 Å². The van der Waals surface area contributed by atoms with E-state index in [1.54, 1.807) is 29.0 Å². The van der Waals surface area contributed by atoms with E-state index in [0.29, 0.717) is 41.9 Å². The highest BCUT2D eigenvalue weighted by Gasteiger charge is 2.18. The maximum atomic E-state index is 13.3. The van der Waals surface area contributed by atoms with E-state index >= 15 is 0 Å². The lowest BCUT2D eigenvalue weighted by molar-refractivity contribution is 0.0736. The standard InChI is InChI=1S/C24H31N7O3/c1-2-3-18(15-32)27-21-20-19(28-24(25)29-21)8-11-31(23(20)34)14-16-4-6-17(7-5-16)22(33)30-12-9-26-10-13-30/h4-8,11,18,26,32H,2-3,9-10,12-15H2,1H3,(H3,25,27,28,29)/t18-/m0/s1. The average Bonchev–Trinajstić information content (AvgIpc) is 2.85. The number of anilines is 2. The van der Waals surface area contributed by atoms with Crippen LogP contribution in [0.1, 0.15) is 35.7 Å². The van der Waals surface area contributed by atoms with Gasteiger partial charge < -0.3 is 30.9 Å². The van der Waals surface area contributed by atoms with Gasteiger partial charge in [-0.2, -0.15) is 4.98 Å². The lowest BCUT2D eigenvalue weighted by atomic mass is 10.1. The van der Waals surface area contributed by atoms with E-state index in [4.69, 9.17) is 5.73 Å². The molecule has 1 aliphatic rings. The number of carbonyl (C=O) groups is 1. The van der Waals surface area contributed by atoms with E-state index in [9.17, 15) is 14.7 Å². The molecule has 1 fully saturated rings. The van der Waals surface area contributed by atoms with Gasteiger partial charge in [-0.1, -0.05) is 25.5 Å². The van der Waals surface area contributed by atoms with Crippen LogP contribution >= 0.6 is 0 Å². The van der Waals surface area contributed by atoms with Crippen LogP contribution in [0, 0.1) is 0 Å². The van der Waals surface area contributed by atoms with E-state index in [1.165, 1.54) is 0 Å². The average molecular weight is 466 g/mol. The fourth-order valence-electron chi connectivity index (χ4n) is 4.18. The molecule has 0 bridgehead atoms. The maximum Gasteiger partial charge on any atom is 0.264 e. The molecule has 0 unspecified atom stereocenters. The number of aliphatic hydroxyl groups excluding tert-OH is 1. The molecule has 3 aromatic rings. The predicted molar refractivity (Wildman–Crippen MR) is 132 cm³/mol. The number of benzene rings is 1. The largest absolute Gasteiger partial charge is 0.394 e. The van der Waals surface area contributed by atoms with Crippen molar-refractivity contribution in [3.63, 3.8) is 0 Å². The first kappa shape index (κ1) is 23.7. The molecular weight excluding hydrogens is 434 g/mol. The third-order valence-electron chi connectivity index (χ3n) is 6.00. The fourth-order valence-corrected chi connectivity index (χ4v) is 4.18. The van der Waals surface area contributed by atoms with E-state index in [0.717, 1.165) is 31.5 Å². The van der Waals surface area contributed by atoms with Crippen LogP contribution in [0.15, 0.2) is 41.3 Å². The number of nitrogens with one attached hydrogen (secondary N) is 2. The number of pyridine rings is 1. The van der Waals surface area contributed by atoms with E-state index in [2.05, 4.69) is 20.6 Å². The van der Waals surface area contributed by atoms with E-state index in [-0.39, 0.29) is 30.1 Å². The number of hydrogen-bond donors (Lipinski definition) is 4. The smallest absolute Gasteiger partial charge is 0.264 e. The molecule has 180 valence electrons. The fraction of sp³-hybridized carbons (Fsp3) is 0.417. The summed E-state index contributed by atoms with van der Waals surface area (Å²) in [5.74, 6) is 0.406. The van der Waals surface area contributed by atoms with Gasteiger partial charge in [-0.15, -0.1) is 0 Å². The highest BCUT2D eigenvalue weighted by atomic mass is 16.3. The van der Waals surface area contributed by atoms with Gasteiger partial charge >= 0.3 is 0 Å². The van der Waals surface area contributed by atoms with Gasteiger partial charge in [0.05, 0.1) is 24.7 Å². The van der Waals surface area contributed by atoms with Crippen LogP contribution in [0.25, 0.3) is 10.9 Å². The molecule has 1 aromatic carbocycles. The summed E-state index contributed by atoms with van der Waals surface area (Å²) >= 11 is 0. The highest BCUT2D eigenvalue weighted by molar-refractivity contribution is 5.94. The number of carbonyl (C=O) groups excluding carboxylic acids is 1. The minimum Gasteiger partial charge on any atom is -0.394 e. The van der Waals surface area contributed by atoms with Gasteiger partial charge in [0, 0.05) is 37.9 Å². The third-order valence-corrected chi connectivity index (χ3v) is 6.00. The quantitative estimate of drug-likeness (QED) is 0.387.